The summed E-state index contributed by atoms with van der Waals surface area (Å²) in [5.74, 6) is 0. The van der Waals surface area contributed by atoms with Crippen molar-refractivity contribution in [2.24, 2.45) is 0 Å². The van der Waals surface area contributed by atoms with Crippen LogP contribution in [0.25, 0.3) is 0 Å². The predicted octanol–water partition coefficient (Wildman–Crippen LogP) is 2.39. The molecule has 0 N–H and O–H groups in total. The van der Waals surface area contributed by atoms with Crippen LogP contribution in [0.15, 0.2) is 22.7 Å². The van der Waals surface area contributed by atoms with E-state index >= 15 is 0 Å². The Hall–Kier alpha value is -1.32. The van der Waals surface area contributed by atoms with Crippen LogP contribution in [-0.4, -0.2) is 0 Å². The third-order valence-corrected chi connectivity index (χ3v) is 1.96. The van der Waals surface area contributed by atoms with Crippen LogP contribution < -0.4 is 0 Å². The van der Waals surface area contributed by atoms with Crippen molar-refractivity contribution in [2.75, 3.05) is 0 Å². The molecule has 0 spiro atoms. The highest BCUT2D eigenvalue weighted by molar-refractivity contribution is 9.10. The Balaban J connectivity index is 3.15. The molecule has 0 aromatic heterocycles. The van der Waals surface area contributed by atoms with Crippen molar-refractivity contribution in [2.45, 2.75) is 6.42 Å². The predicted molar refractivity (Wildman–Crippen MR) is 48.2 cm³/mol. The van der Waals surface area contributed by atoms with Gasteiger partial charge in [-0.15, -0.1) is 0 Å². The highest BCUT2D eigenvalue weighted by Gasteiger charge is 2.00. The molecule has 0 saturated heterocycles. The standard InChI is InChI=1S/C9H5BrN2/c10-9-2-1-7(3-4-11)8(5-9)6-12/h1-2,5H,3H2. The number of rotatable bonds is 1. The quantitative estimate of drug-likeness (QED) is 0.730. The van der Waals surface area contributed by atoms with Crippen molar-refractivity contribution in [1.29, 1.82) is 10.5 Å². The molecule has 0 aliphatic heterocycles. The molecular formula is C9H5BrN2. The maximum Gasteiger partial charge on any atom is 0.0995 e. The first-order chi connectivity index (χ1) is 5.77. The minimum Gasteiger partial charge on any atom is -0.198 e. The van der Waals surface area contributed by atoms with E-state index in [4.69, 9.17) is 10.5 Å². The largest absolute Gasteiger partial charge is 0.198 e. The van der Waals surface area contributed by atoms with Crippen LogP contribution in [0.3, 0.4) is 0 Å². The van der Waals surface area contributed by atoms with Gasteiger partial charge in [-0.25, -0.2) is 0 Å². The lowest BCUT2D eigenvalue weighted by atomic mass is 10.1. The SMILES string of the molecule is N#CCc1ccc(Br)cc1C#N. The van der Waals surface area contributed by atoms with Gasteiger partial charge in [0, 0.05) is 4.47 Å². The Morgan fingerprint density at radius 3 is 2.67 bits per heavy atom. The summed E-state index contributed by atoms with van der Waals surface area (Å²) in [5, 5.41) is 17.1. The van der Waals surface area contributed by atoms with Crippen LogP contribution in [0.1, 0.15) is 11.1 Å². The Bertz CT molecular complexity index is 371. The summed E-state index contributed by atoms with van der Waals surface area (Å²) in [4.78, 5) is 0. The van der Waals surface area contributed by atoms with Crippen LogP contribution in [0, 0.1) is 22.7 Å². The Labute approximate surface area is 79.2 Å². The summed E-state index contributed by atoms with van der Waals surface area (Å²) in [7, 11) is 0. The fourth-order valence-corrected chi connectivity index (χ4v) is 1.25. The average molecular weight is 221 g/mol. The van der Waals surface area contributed by atoms with Crippen molar-refractivity contribution < 1.29 is 0 Å². The molecule has 1 rings (SSSR count). The zero-order valence-electron chi connectivity index (χ0n) is 6.21. The minimum atomic E-state index is 0.288. The summed E-state index contributed by atoms with van der Waals surface area (Å²) < 4.78 is 0.862. The summed E-state index contributed by atoms with van der Waals surface area (Å²) in [5.41, 5.74) is 1.34. The van der Waals surface area contributed by atoms with E-state index in [1.807, 2.05) is 18.2 Å². The molecule has 0 amide bonds. The van der Waals surface area contributed by atoms with Gasteiger partial charge >= 0.3 is 0 Å². The summed E-state index contributed by atoms with van der Waals surface area (Å²) in [6.07, 6.45) is 0.288. The van der Waals surface area contributed by atoms with Crippen LogP contribution in [0.5, 0.6) is 0 Å². The van der Waals surface area contributed by atoms with Gasteiger partial charge < -0.3 is 0 Å². The molecule has 2 nitrogen and oxygen atoms in total. The van der Waals surface area contributed by atoms with Gasteiger partial charge in [-0.2, -0.15) is 10.5 Å². The molecule has 0 fully saturated rings. The molecule has 0 unspecified atom stereocenters. The lowest BCUT2D eigenvalue weighted by molar-refractivity contribution is 1.24. The van der Waals surface area contributed by atoms with Crippen LogP contribution >= 0.6 is 15.9 Å². The topological polar surface area (TPSA) is 47.6 Å². The van der Waals surface area contributed by atoms with Gasteiger partial charge in [0.2, 0.25) is 0 Å². The van der Waals surface area contributed by atoms with Crippen molar-refractivity contribution in [3.63, 3.8) is 0 Å². The molecule has 0 aliphatic rings. The van der Waals surface area contributed by atoms with E-state index in [0.29, 0.717) is 5.56 Å². The number of nitriles is 2. The number of hydrogen-bond donors (Lipinski definition) is 0. The second-order valence-corrected chi connectivity index (χ2v) is 3.16. The van der Waals surface area contributed by atoms with Gasteiger partial charge in [0.15, 0.2) is 0 Å². The second kappa shape index (κ2) is 3.90. The average Bonchev–Trinajstić information content (AvgIpc) is 2.08. The number of hydrogen-bond acceptors (Lipinski definition) is 2. The summed E-state index contributed by atoms with van der Waals surface area (Å²) in [6.45, 7) is 0. The first-order valence-electron chi connectivity index (χ1n) is 3.33. The number of halogens is 1. The molecule has 12 heavy (non-hydrogen) atoms. The Morgan fingerprint density at radius 1 is 1.33 bits per heavy atom. The Kier molecular flexibility index (Phi) is 2.85. The summed E-state index contributed by atoms with van der Waals surface area (Å²) in [6, 6.07) is 9.38. The van der Waals surface area contributed by atoms with Gasteiger partial charge in [0.1, 0.15) is 0 Å². The second-order valence-electron chi connectivity index (χ2n) is 2.25. The zero-order chi connectivity index (χ0) is 8.97. The van der Waals surface area contributed by atoms with E-state index in [9.17, 15) is 0 Å². The molecule has 0 atom stereocenters. The zero-order valence-corrected chi connectivity index (χ0v) is 7.80. The number of benzene rings is 1. The van der Waals surface area contributed by atoms with E-state index in [1.54, 1.807) is 12.1 Å². The molecular weight excluding hydrogens is 216 g/mol. The molecule has 58 valence electrons. The molecule has 0 aliphatic carbocycles. The first-order valence-corrected chi connectivity index (χ1v) is 4.12. The van der Waals surface area contributed by atoms with Crippen LogP contribution in [-0.2, 0) is 6.42 Å². The fraction of sp³-hybridized carbons (Fsp3) is 0.111. The molecule has 0 saturated carbocycles. The number of nitrogens with zero attached hydrogens (tertiary/aromatic N) is 2. The Morgan fingerprint density at radius 2 is 2.08 bits per heavy atom. The van der Waals surface area contributed by atoms with E-state index in [2.05, 4.69) is 15.9 Å². The maximum atomic E-state index is 8.69. The molecule has 1 aromatic carbocycles. The normalized spacial score (nSPS) is 8.58. The molecule has 0 heterocycles. The highest BCUT2D eigenvalue weighted by Crippen LogP contribution is 2.15. The minimum absolute atomic E-state index is 0.288. The van der Waals surface area contributed by atoms with Gasteiger partial charge in [-0.1, -0.05) is 22.0 Å². The van der Waals surface area contributed by atoms with Crippen molar-refractivity contribution in [1.82, 2.24) is 0 Å². The van der Waals surface area contributed by atoms with Crippen molar-refractivity contribution in [3.05, 3.63) is 33.8 Å². The van der Waals surface area contributed by atoms with Gasteiger partial charge in [0.05, 0.1) is 24.1 Å². The monoisotopic (exact) mass is 220 g/mol. The molecule has 0 radical (unpaired) electrons. The lowest BCUT2D eigenvalue weighted by Gasteiger charge is -1.97. The van der Waals surface area contributed by atoms with Crippen LogP contribution in [0.2, 0.25) is 0 Å². The van der Waals surface area contributed by atoms with Crippen molar-refractivity contribution >= 4 is 15.9 Å². The van der Waals surface area contributed by atoms with Gasteiger partial charge in [-0.05, 0) is 17.7 Å². The maximum absolute atomic E-state index is 8.69. The third-order valence-electron chi connectivity index (χ3n) is 1.46. The van der Waals surface area contributed by atoms with Crippen LogP contribution in [0.4, 0.5) is 0 Å². The lowest BCUT2D eigenvalue weighted by Crippen LogP contribution is -1.87. The smallest absolute Gasteiger partial charge is 0.0995 e. The first kappa shape index (κ1) is 8.77. The van der Waals surface area contributed by atoms with Gasteiger partial charge in [0.25, 0.3) is 0 Å². The van der Waals surface area contributed by atoms with Crippen molar-refractivity contribution in [3.8, 4) is 12.1 Å². The third kappa shape index (κ3) is 1.84. The highest BCUT2D eigenvalue weighted by atomic mass is 79.9. The van der Waals surface area contributed by atoms with E-state index in [0.717, 1.165) is 10.0 Å². The molecule has 1 aromatic rings. The van der Waals surface area contributed by atoms with E-state index in [1.165, 1.54) is 0 Å². The van der Waals surface area contributed by atoms with Gasteiger partial charge in [-0.3, -0.25) is 0 Å². The van der Waals surface area contributed by atoms with E-state index < -0.39 is 0 Å². The fourth-order valence-electron chi connectivity index (χ4n) is 0.892. The van der Waals surface area contributed by atoms with E-state index in [-0.39, 0.29) is 6.42 Å². The molecule has 3 heteroatoms. The molecule has 0 bridgehead atoms. The summed E-state index contributed by atoms with van der Waals surface area (Å²) >= 11 is 3.25.